The molecule has 1 heterocycles. The summed E-state index contributed by atoms with van der Waals surface area (Å²) in [5, 5.41) is 3.64. The minimum Gasteiger partial charge on any atom is -0.354 e. The van der Waals surface area contributed by atoms with Crippen LogP contribution >= 0.6 is 11.6 Å². The molecule has 0 saturated carbocycles. The van der Waals surface area contributed by atoms with Gasteiger partial charge in [0.25, 0.3) is 0 Å². The smallest absolute Gasteiger partial charge is 0.223 e. The number of hydrogen-bond acceptors (Lipinski definition) is 3. The van der Waals surface area contributed by atoms with Crippen molar-refractivity contribution in [3.63, 3.8) is 0 Å². The maximum absolute atomic E-state index is 13.7. The zero-order valence-electron chi connectivity index (χ0n) is 9.95. The van der Waals surface area contributed by atoms with Crippen LogP contribution in [0.5, 0.6) is 0 Å². The number of anilines is 1. The maximum Gasteiger partial charge on any atom is 0.223 e. The molecule has 5 heteroatoms. The molecule has 0 unspecified atom stereocenters. The first kappa shape index (κ1) is 12.8. The van der Waals surface area contributed by atoms with E-state index in [0.717, 1.165) is 13.0 Å². The fraction of sp³-hybridized carbons (Fsp3) is 0.231. The lowest BCUT2D eigenvalue weighted by atomic mass is 10.1. The molecule has 0 amide bonds. The van der Waals surface area contributed by atoms with E-state index in [1.165, 1.54) is 6.20 Å². The van der Waals surface area contributed by atoms with Gasteiger partial charge < -0.3 is 5.32 Å². The minimum absolute atomic E-state index is 0.278. The van der Waals surface area contributed by atoms with E-state index >= 15 is 0 Å². The number of nitrogens with one attached hydrogen (secondary N) is 1. The average molecular weight is 266 g/mol. The summed E-state index contributed by atoms with van der Waals surface area (Å²) in [5.41, 5.74) is 0.958. The van der Waals surface area contributed by atoms with Crippen LogP contribution in [-0.4, -0.2) is 16.5 Å². The van der Waals surface area contributed by atoms with Crippen molar-refractivity contribution >= 4 is 17.5 Å². The van der Waals surface area contributed by atoms with Crippen LogP contribution in [0.4, 0.5) is 10.3 Å². The van der Waals surface area contributed by atoms with Gasteiger partial charge in [-0.05, 0) is 18.6 Å². The van der Waals surface area contributed by atoms with Gasteiger partial charge in [-0.3, -0.25) is 0 Å². The second-order valence-electron chi connectivity index (χ2n) is 3.82. The van der Waals surface area contributed by atoms with E-state index in [2.05, 4.69) is 15.3 Å². The van der Waals surface area contributed by atoms with E-state index in [0.29, 0.717) is 16.5 Å². The molecule has 1 aromatic heterocycles. The summed E-state index contributed by atoms with van der Waals surface area (Å²) in [6, 6.07) is 6.88. The summed E-state index contributed by atoms with van der Waals surface area (Å²) >= 11 is 5.80. The van der Waals surface area contributed by atoms with Gasteiger partial charge in [-0.25, -0.2) is 14.4 Å². The molecule has 94 valence electrons. The molecule has 0 radical (unpaired) electrons. The number of hydrogen-bond donors (Lipinski definition) is 1. The topological polar surface area (TPSA) is 37.8 Å². The van der Waals surface area contributed by atoms with E-state index in [4.69, 9.17) is 11.6 Å². The molecule has 0 saturated heterocycles. The largest absolute Gasteiger partial charge is 0.354 e. The molecule has 2 aromatic rings. The Morgan fingerprint density at radius 2 is 2.00 bits per heavy atom. The Labute approximate surface area is 110 Å². The molecule has 18 heavy (non-hydrogen) atoms. The zero-order chi connectivity index (χ0) is 13.0. The van der Waals surface area contributed by atoms with Crippen molar-refractivity contribution in [1.82, 2.24) is 9.97 Å². The van der Waals surface area contributed by atoms with E-state index in [1.54, 1.807) is 24.3 Å². The Bertz CT molecular complexity index is 528. The lowest BCUT2D eigenvalue weighted by molar-refractivity contribution is 0.618. The summed E-state index contributed by atoms with van der Waals surface area (Å²) in [6.45, 7) is 2.79. The van der Waals surface area contributed by atoms with Crippen LogP contribution in [-0.2, 0) is 0 Å². The first-order valence-corrected chi connectivity index (χ1v) is 6.11. The van der Waals surface area contributed by atoms with Gasteiger partial charge in [-0.2, -0.15) is 0 Å². The first-order valence-electron chi connectivity index (χ1n) is 5.73. The molecule has 2 rings (SSSR count). The van der Waals surface area contributed by atoms with Crippen LogP contribution in [0, 0.1) is 5.82 Å². The number of rotatable bonds is 4. The van der Waals surface area contributed by atoms with Crippen LogP contribution in [0.1, 0.15) is 13.3 Å². The van der Waals surface area contributed by atoms with Crippen molar-refractivity contribution in [3.8, 4) is 11.3 Å². The lowest BCUT2D eigenvalue weighted by Crippen LogP contribution is -2.05. The van der Waals surface area contributed by atoms with Crippen molar-refractivity contribution in [1.29, 1.82) is 0 Å². The zero-order valence-corrected chi connectivity index (χ0v) is 10.7. The molecule has 0 aliphatic carbocycles. The van der Waals surface area contributed by atoms with E-state index in [9.17, 15) is 4.39 Å². The van der Waals surface area contributed by atoms with Gasteiger partial charge >= 0.3 is 0 Å². The normalized spacial score (nSPS) is 10.4. The number of nitrogens with zero attached hydrogens (tertiary/aromatic N) is 2. The second kappa shape index (κ2) is 5.78. The predicted octanol–water partition coefficient (Wildman–Crippen LogP) is 3.76. The summed E-state index contributed by atoms with van der Waals surface area (Å²) in [4.78, 5) is 8.07. The molecule has 0 bridgehead atoms. The van der Waals surface area contributed by atoms with Gasteiger partial charge in [0.05, 0.1) is 6.20 Å². The van der Waals surface area contributed by atoms with Gasteiger partial charge in [-0.1, -0.05) is 30.7 Å². The van der Waals surface area contributed by atoms with Crippen molar-refractivity contribution in [2.75, 3.05) is 11.9 Å². The highest BCUT2D eigenvalue weighted by atomic mass is 35.5. The molecular formula is C13H13ClFN3. The Morgan fingerprint density at radius 1 is 1.28 bits per heavy atom. The fourth-order valence-corrected chi connectivity index (χ4v) is 1.63. The average Bonchev–Trinajstić information content (AvgIpc) is 2.39. The molecule has 0 atom stereocenters. The Morgan fingerprint density at radius 3 is 2.67 bits per heavy atom. The lowest BCUT2D eigenvalue weighted by Gasteiger charge is -2.06. The molecule has 0 spiro atoms. The Balaban J connectivity index is 2.33. The van der Waals surface area contributed by atoms with Crippen molar-refractivity contribution in [2.24, 2.45) is 0 Å². The highest BCUT2D eigenvalue weighted by Crippen LogP contribution is 2.22. The van der Waals surface area contributed by atoms with E-state index in [1.807, 2.05) is 6.92 Å². The van der Waals surface area contributed by atoms with Crippen molar-refractivity contribution in [2.45, 2.75) is 13.3 Å². The summed E-state index contributed by atoms with van der Waals surface area (Å²) < 4.78 is 13.7. The first-order chi connectivity index (χ1) is 8.70. The second-order valence-corrected chi connectivity index (χ2v) is 4.26. The molecule has 3 nitrogen and oxygen atoms in total. The van der Waals surface area contributed by atoms with Crippen molar-refractivity contribution < 1.29 is 4.39 Å². The molecule has 1 aromatic carbocycles. The molecule has 0 aliphatic rings. The third-order valence-electron chi connectivity index (χ3n) is 2.39. The monoisotopic (exact) mass is 265 g/mol. The van der Waals surface area contributed by atoms with Gasteiger partial charge in [0.2, 0.25) is 5.95 Å². The van der Waals surface area contributed by atoms with Crippen LogP contribution in [0.3, 0.4) is 0 Å². The summed E-state index contributed by atoms with van der Waals surface area (Å²) in [5.74, 6) is -0.0115. The van der Waals surface area contributed by atoms with Gasteiger partial charge in [0, 0.05) is 17.1 Å². The highest BCUT2D eigenvalue weighted by molar-refractivity contribution is 6.30. The minimum atomic E-state index is -0.445. The van der Waals surface area contributed by atoms with Crippen LogP contribution in [0.15, 0.2) is 30.5 Å². The number of halogens is 2. The predicted molar refractivity (Wildman–Crippen MR) is 71.2 cm³/mol. The van der Waals surface area contributed by atoms with Gasteiger partial charge in [0.1, 0.15) is 5.69 Å². The third kappa shape index (κ3) is 2.96. The third-order valence-corrected chi connectivity index (χ3v) is 2.65. The van der Waals surface area contributed by atoms with Crippen molar-refractivity contribution in [3.05, 3.63) is 41.3 Å². The fourth-order valence-electron chi connectivity index (χ4n) is 1.50. The Kier molecular flexibility index (Phi) is 4.10. The quantitative estimate of drug-likeness (QED) is 0.915. The molecule has 0 aliphatic heterocycles. The SMILES string of the molecule is CCCNc1ncc(F)c(-c2ccc(Cl)cc2)n1. The van der Waals surface area contributed by atoms with E-state index in [-0.39, 0.29) is 5.69 Å². The summed E-state index contributed by atoms with van der Waals surface area (Å²) in [7, 11) is 0. The molecule has 1 N–H and O–H groups in total. The van der Waals surface area contributed by atoms with Crippen LogP contribution in [0.2, 0.25) is 5.02 Å². The molecular weight excluding hydrogens is 253 g/mol. The molecule has 0 fully saturated rings. The standard InChI is InChI=1S/C13H13ClFN3/c1-2-7-16-13-17-8-11(15)12(18-13)9-3-5-10(14)6-4-9/h3-6,8H,2,7H2,1H3,(H,16,17,18). The van der Waals surface area contributed by atoms with Gasteiger partial charge in [0.15, 0.2) is 5.82 Å². The maximum atomic E-state index is 13.7. The number of benzene rings is 1. The van der Waals surface area contributed by atoms with E-state index < -0.39 is 5.82 Å². The summed E-state index contributed by atoms with van der Waals surface area (Å²) in [6.07, 6.45) is 2.13. The van der Waals surface area contributed by atoms with Crippen LogP contribution in [0.25, 0.3) is 11.3 Å². The highest BCUT2D eigenvalue weighted by Gasteiger charge is 2.09. The van der Waals surface area contributed by atoms with Crippen LogP contribution < -0.4 is 5.32 Å². The Hall–Kier alpha value is -1.68. The van der Waals surface area contributed by atoms with Gasteiger partial charge in [-0.15, -0.1) is 0 Å². The number of aromatic nitrogens is 2.